The summed E-state index contributed by atoms with van der Waals surface area (Å²) in [5, 5.41) is 14.8. The molecule has 1 amide bonds. The SMILES string of the molecule is Cc1cc(NC(=O)c2cc(F)ccc2C#CCO)on1. The zero-order chi connectivity index (χ0) is 14.5. The van der Waals surface area contributed by atoms with Gasteiger partial charge < -0.3 is 9.63 Å². The Balaban J connectivity index is 2.30. The van der Waals surface area contributed by atoms with Crippen LogP contribution in [0, 0.1) is 24.6 Å². The second-order valence-electron chi connectivity index (χ2n) is 3.94. The average molecular weight is 274 g/mol. The molecule has 0 aliphatic rings. The Bertz CT molecular complexity index is 698. The fourth-order valence-electron chi connectivity index (χ4n) is 1.55. The molecule has 2 rings (SSSR count). The van der Waals surface area contributed by atoms with E-state index in [0.717, 1.165) is 6.07 Å². The van der Waals surface area contributed by atoms with Gasteiger partial charge in [0, 0.05) is 11.6 Å². The molecule has 1 aromatic carbocycles. The Morgan fingerprint density at radius 3 is 2.95 bits per heavy atom. The third-order valence-corrected chi connectivity index (χ3v) is 2.39. The number of anilines is 1. The summed E-state index contributed by atoms with van der Waals surface area (Å²) in [6.45, 7) is 1.36. The van der Waals surface area contributed by atoms with E-state index < -0.39 is 11.7 Å². The first kappa shape index (κ1) is 13.8. The summed E-state index contributed by atoms with van der Waals surface area (Å²) < 4.78 is 18.1. The standard InChI is InChI=1S/C14H11FN2O3/c1-9-7-13(20-17-9)16-14(19)12-8-11(15)5-4-10(12)3-2-6-18/h4-5,7-8,18H,6H2,1H3,(H,16,19). The Labute approximate surface area is 114 Å². The minimum Gasteiger partial charge on any atom is -0.384 e. The monoisotopic (exact) mass is 274 g/mol. The predicted octanol–water partition coefficient (Wildman–Crippen LogP) is 1.72. The number of carbonyl (C=O) groups excluding carboxylic acids is 1. The highest BCUT2D eigenvalue weighted by Crippen LogP contribution is 2.14. The van der Waals surface area contributed by atoms with Crippen molar-refractivity contribution in [1.29, 1.82) is 0 Å². The molecule has 0 unspecified atom stereocenters. The lowest BCUT2D eigenvalue weighted by Gasteiger charge is -2.04. The first-order valence-corrected chi connectivity index (χ1v) is 5.74. The van der Waals surface area contributed by atoms with E-state index in [1.807, 2.05) is 0 Å². The minimum atomic E-state index is -0.567. The highest BCUT2D eigenvalue weighted by molar-refractivity contribution is 6.05. The van der Waals surface area contributed by atoms with Crippen molar-refractivity contribution < 1.29 is 18.8 Å². The topological polar surface area (TPSA) is 75.4 Å². The smallest absolute Gasteiger partial charge is 0.259 e. The number of carbonyl (C=O) groups is 1. The maximum Gasteiger partial charge on any atom is 0.259 e. The Hall–Kier alpha value is -2.65. The molecule has 1 heterocycles. The molecular weight excluding hydrogens is 263 g/mol. The lowest BCUT2D eigenvalue weighted by atomic mass is 10.1. The van der Waals surface area contributed by atoms with Crippen molar-refractivity contribution in [1.82, 2.24) is 5.16 Å². The molecule has 0 radical (unpaired) electrons. The van der Waals surface area contributed by atoms with Crippen LogP contribution in [0.25, 0.3) is 0 Å². The number of hydrogen-bond donors (Lipinski definition) is 2. The number of aromatic nitrogens is 1. The van der Waals surface area contributed by atoms with Crippen LogP contribution in [0.15, 0.2) is 28.8 Å². The van der Waals surface area contributed by atoms with E-state index in [-0.39, 0.29) is 18.1 Å². The fourth-order valence-corrected chi connectivity index (χ4v) is 1.55. The Morgan fingerprint density at radius 2 is 2.30 bits per heavy atom. The average Bonchev–Trinajstić information content (AvgIpc) is 2.82. The molecule has 6 heteroatoms. The number of halogens is 1. The molecule has 0 atom stereocenters. The van der Waals surface area contributed by atoms with Crippen molar-refractivity contribution in [3.63, 3.8) is 0 Å². The van der Waals surface area contributed by atoms with Gasteiger partial charge in [-0.05, 0) is 25.1 Å². The summed E-state index contributed by atoms with van der Waals surface area (Å²) in [5.41, 5.74) is 0.981. The highest BCUT2D eigenvalue weighted by atomic mass is 19.1. The van der Waals surface area contributed by atoms with E-state index in [4.69, 9.17) is 9.63 Å². The molecule has 2 N–H and O–H groups in total. The van der Waals surface area contributed by atoms with Crippen LogP contribution in [-0.2, 0) is 0 Å². The summed E-state index contributed by atoms with van der Waals surface area (Å²) in [4.78, 5) is 12.1. The first-order valence-electron chi connectivity index (χ1n) is 5.74. The number of hydrogen-bond acceptors (Lipinski definition) is 4. The van der Waals surface area contributed by atoms with Crippen LogP contribution in [0.2, 0.25) is 0 Å². The van der Waals surface area contributed by atoms with Gasteiger partial charge in [-0.25, -0.2) is 4.39 Å². The molecule has 0 fully saturated rings. The molecule has 0 saturated carbocycles. The van der Waals surface area contributed by atoms with Crippen LogP contribution in [0.5, 0.6) is 0 Å². The lowest BCUT2D eigenvalue weighted by molar-refractivity contribution is 0.102. The molecule has 0 aliphatic heterocycles. The van der Waals surface area contributed by atoms with Crippen molar-refractivity contribution in [3.8, 4) is 11.8 Å². The van der Waals surface area contributed by atoms with Gasteiger partial charge in [0.05, 0.1) is 11.3 Å². The van der Waals surface area contributed by atoms with Crippen LogP contribution in [0.1, 0.15) is 21.6 Å². The van der Waals surface area contributed by atoms with Crippen LogP contribution < -0.4 is 5.32 Å². The predicted molar refractivity (Wildman–Crippen MR) is 69.6 cm³/mol. The summed E-state index contributed by atoms with van der Waals surface area (Å²) in [6, 6.07) is 5.17. The van der Waals surface area contributed by atoms with Gasteiger partial charge in [-0.2, -0.15) is 0 Å². The Kier molecular flexibility index (Phi) is 4.13. The second-order valence-corrected chi connectivity index (χ2v) is 3.94. The van der Waals surface area contributed by atoms with Crippen molar-refractivity contribution in [2.24, 2.45) is 0 Å². The molecule has 5 nitrogen and oxygen atoms in total. The van der Waals surface area contributed by atoms with E-state index in [1.54, 1.807) is 6.92 Å². The largest absolute Gasteiger partial charge is 0.384 e. The van der Waals surface area contributed by atoms with E-state index in [9.17, 15) is 9.18 Å². The zero-order valence-electron chi connectivity index (χ0n) is 10.6. The third kappa shape index (κ3) is 3.22. The molecule has 0 aliphatic carbocycles. The van der Waals surface area contributed by atoms with Gasteiger partial charge in [0.15, 0.2) is 0 Å². The summed E-state index contributed by atoms with van der Waals surface area (Å²) in [6.07, 6.45) is 0. The third-order valence-electron chi connectivity index (χ3n) is 2.39. The molecule has 0 bridgehead atoms. The number of aryl methyl sites for hydroxylation is 1. The number of aliphatic hydroxyl groups excluding tert-OH is 1. The Morgan fingerprint density at radius 1 is 1.50 bits per heavy atom. The van der Waals surface area contributed by atoms with Crippen LogP contribution in [0.4, 0.5) is 10.3 Å². The van der Waals surface area contributed by atoms with E-state index in [1.165, 1.54) is 18.2 Å². The van der Waals surface area contributed by atoms with Crippen molar-refractivity contribution in [2.45, 2.75) is 6.92 Å². The van der Waals surface area contributed by atoms with E-state index in [2.05, 4.69) is 22.3 Å². The summed E-state index contributed by atoms with van der Waals surface area (Å²) in [5.74, 6) is 4.04. The van der Waals surface area contributed by atoms with E-state index >= 15 is 0 Å². The van der Waals surface area contributed by atoms with Crippen LogP contribution in [-0.4, -0.2) is 22.8 Å². The minimum absolute atomic E-state index is 0.0556. The van der Waals surface area contributed by atoms with Gasteiger partial charge in [-0.3, -0.25) is 10.1 Å². The highest BCUT2D eigenvalue weighted by Gasteiger charge is 2.13. The fraction of sp³-hybridized carbons (Fsp3) is 0.143. The van der Waals surface area contributed by atoms with Gasteiger partial charge in [-0.1, -0.05) is 17.0 Å². The van der Waals surface area contributed by atoms with Crippen LogP contribution in [0.3, 0.4) is 0 Å². The summed E-state index contributed by atoms with van der Waals surface area (Å²) >= 11 is 0. The number of benzene rings is 1. The number of amides is 1. The molecule has 20 heavy (non-hydrogen) atoms. The number of nitrogens with one attached hydrogen (secondary N) is 1. The lowest BCUT2D eigenvalue weighted by Crippen LogP contribution is -2.13. The molecule has 1 aromatic heterocycles. The molecule has 0 saturated heterocycles. The van der Waals surface area contributed by atoms with Gasteiger partial charge in [0.2, 0.25) is 5.88 Å². The molecule has 0 spiro atoms. The van der Waals surface area contributed by atoms with Gasteiger partial charge in [0.25, 0.3) is 5.91 Å². The van der Waals surface area contributed by atoms with E-state index in [0.29, 0.717) is 11.3 Å². The van der Waals surface area contributed by atoms with Crippen molar-refractivity contribution in [2.75, 3.05) is 11.9 Å². The number of aliphatic hydroxyl groups is 1. The normalized spacial score (nSPS) is 9.75. The summed E-state index contributed by atoms with van der Waals surface area (Å²) in [7, 11) is 0. The zero-order valence-corrected chi connectivity index (χ0v) is 10.6. The molecular formula is C14H11FN2O3. The number of rotatable bonds is 2. The maximum atomic E-state index is 13.3. The molecule has 2 aromatic rings. The quantitative estimate of drug-likeness (QED) is 0.818. The second kappa shape index (κ2) is 5.99. The van der Waals surface area contributed by atoms with Crippen molar-refractivity contribution in [3.05, 3.63) is 46.9 Å². The maximum absolute atomic E-state index is 13.3. The van der Waals surface area contributed by atoms with Gasteiger partial charge >= 0.3 is 0 Å². The van der Waals surface area contributed by atoms with Gasteiger partial charge in [0.1, 0.15) is 12.4 Å². The van der Waals surface area contributed by atoms with Crippen molar-refractivity contribution >= 4 is 11.8 Å². The first-order chi connectivity index (χ1) is 9.60. The van der Waals surface area contributed by atoms with Gasteiger partial charge in [-0.15, -0.1) is 0 Å². The number of nitrogens with zero attached hydrogens (tertiary/aromatic N) is 1. The van der Waals surface area contributed by atoms with Crippen LogP contribution >= 0.6 is 0 Å². The molecule has 102 valence electrons.